The molecule has 0 N–H and O–H groups in total. The third-order valence-electron chi connectivity index (χ3n) is 1.49. The first kappa shape index (κ1) is 12.2. The van der Waals surface area contributed by atoms with Crippen LogP contribution in [0.25, 0.3) is 6.08 Å². The minimum Gasteiger partial charge on any atom is -0.406 e. The number of rotatable bonds is 3. The van der Waals surface area contributed by atoms with Crippen molar-refractivity contribution in [1.29, 1.82) is 0 Å². The number of alkyl halides is 3. The topological polar surface area (TPSA) is 26.3 Å². The fourth-order valence-corrected chi connectivity index (χ4v) is 1.02. The molecule has 0 atom stereocenters. The van der Waals surface area contributed by atoms with Crippen LogP contribution >= 0.6 is 0 Å². The van der Waals surface area contributed by atoms with Gasteiger partial charge in [0.25, 0.3) is 0 Å². The van der Waals surface area contributed by atoms with Gasteiger partial charge in [0, 0.05) is 6.07 Å². The van der Waals surface area contributed by atoms with Gasteiger partial charge in [0.15, 0.2) is 0 Å². The lowest BCUT2D eigenvalue weighted by atomic mass is 10.2. The number of halogens is 4. The molecule has 0 amide bonds. The maximum atomic E-state index is 12.9. The van der Waals surface area contributed by atoms with Crippen LogP contribution in [0.3, 0.4) is 0 Å². The first-order valence-electron chi connectivity index (χ1n) is 4.09. The lowest BCUT2D eigenvalue weighted by Crippen LogP contribution is -2.17. The van der Waals surface area contributed by atoms with Gasteiger partial charge in [0.05, 0.1) is 0 Å². The standard InChI is InChI=1S/C10H6F4O2/c11-8-4-7(2-1-3-15)5-9(6-8)16-10(12,13)14/h1-6H/b2-1+. The van der Waals surface area contributed by atoms with Gasteiger partial charge >= 0.3 is 6.36 Å². The second-order valence-corrected chi connectivity index (χ2v) is 2.76. The molecule has 2 nitrogen and oxygen atoms in total. The molecular formula is C10H6F4O2. The van der Waals surface area contributed by atoms with Crippen molar-refractivity contribution in [3.05, 3.63) is 35.7 Å². The maximum Gasteiger partial charge on any atom is 0.573 e. The van der Waals surface area contributed by atoms with Gasteiger partial charge < -0.3 is 4.74 Å². The normalized spacial score (nSPS) is 11.8. The van der Waals surface area contributed by atoms with Crippen molar-refractivity contribution >= 4 is 12.4 Å². The van der Waals surface area contributed by atoms with Gasteiger partial charge in [-0.05, 0) is 23.8 Å². The van der Waals surface area contributed by atoms with Crippen molar-refractivity contribution in [3.8, 4) is 5.75 Å². The summed E-state index contributed by atoms with van der Waals surface area (Å²) in [4.78, 5) is 9.99. The molecule has 86 valence electrons. The second-order valence-electron chi connectivity index (χ2n) is 2.76. The van der Waals surface area contributed by atoms with E-state index >= 15 is 0 Å². The van der Waals surface area contributed by atoms with E-state index in [2.05, 4.69) is 4.74 Å². The van der Waals surface area contributed by atoms with Crippen molar-refractivity contribution in [2.45, 2.75) is 6.36 Å². The first-order valence-corrected chi connectivity index (χ1v) is 4.09. The molecule has 1 rings (SSSR count). The molecule has 0 unspecified atom stereocenters. The number of aldehydes is 1. The maximum absolute atomic E-state index is 12.9. The highest BCUT2D eigenvalue weighted by Gasteiger charge is 2.31. The zero-order chi connectivity index (χ0) is 12.2. The largest absolute Gasteiger partial charge is 0.573 e. The molecule has 16 heavy (non-hydrogen) atoms. The van der Waals surface area contributed by atoms with Gasteiger partial charge in [-0.25, -0.2) is 4.39 Å². The molecule has 0 fully saturated rings. The Morgan fingerprint density at radius 2 is 1.88 bits per heavy atom. The molecule has 0 heterocycles. The fourth-order valence-electron chi connectivity index (χ4n) is 1.02. The van der Waals surface area contributed by atoms with E-state index in [0.717, 1.165) is 18.2 Å². The molecule has 0 spiro atoms. The molecule has 0 aliphatic carbocycles. The van der Waals surface area contributed by atoms with Crippen LogP contribution in [0, 0.1) is 5.82 Å². The predicted octanol–water partition coefficient (Wildman–Crippen LogP) is 2.94. The lowest BCUT2D eigenvalue weighted by molar-refractivity contribution is -0.274. The summed E-state index contributed by atoms with van der Waals surface area (Å²) in [6.07, 6.45) is -2.25. The van der Waals surface area contributed by atoms with Crippen LogP contribution in [0.4, 0.5) is 17.6 Å². The Labute approximate surface area is 88.1 Å². The number of ether oxygens (including phenoxy) is 1. The Morgan fingerprint density at radius 1 is 1.19 bits per heavy atom. The van der Waals surface area contributed by atoms with Crippen molar-refractivity contribution in [2.75, 3.05) is 0 Å². The second kappa shape index (κ2) is 4.78. The Balaban J connectivity index is 2.98. The predicted molar refractivity (Wildman–Crippen MR) is 48.2 cm³/mol. The highest BCUT2D eigenvalue weighted by atomic mass is 19.4. The zero-order valence-electron chi connectivity index (χ0n) is 7.79. The molecule has 0 radical (unpaired) electrons. The number of carbonyl (C=O) groups is 1. The quantitative estimate of drug-likeness (QED) is 0.456. The summed E-state index contributed by atoms with van der Waals surface area (Å²) in [6.45, 7) is 0. The molecule has 0 saturated heterocycles. The van der Waals surface area contributed by atoms with E-state index in [1.54, 1.807) is 0 Å². The van der Waals surface area contributed by atoms with Crippen LogP contribution in [0.1, 0.15) is 5.56 Å². The molecule has 0 aliphatic rings. The SMILES string of the molecule is O=C/C=C/c1cc(F)cc(OC(F)(F)F)c1. The van der Waals surface area contributed by atoms with Gasteiger partial charge in [-0.15, -0.1) is 13.2 Å². The highest BCUT2D eigenvalue weighted by molar-refractivity contribution is 5.74. The Hall–Kier alpha value is -1.85. The Morgan fingerprint density at radius 3 is 2.44 bits per heavy atom. The van der Waals surface area contributed by atoms with E-state index in [1.165, 1.54) is 6.08 Å². The molecule has 0 aliphatic heterocycles. The van der Waals surface area contributed by atoms with E-state index in [1.807, 2.05) is 0 Å². The third-order valence-corrected chi connectivity index (χ3v) is 1.49. The van der Waals surface area contributed by atoms with E-state index in [4.69, 9.17) is 0 Å². The van der Waals surface area contributed by atoms with Crippen LogP contribution in [0.15, 0.2) is 24.3 Å². The van der Waals surface area contributed by atoms with E-state index < -0.39 is 17.9 Å². The zero-order valence-corrected chi connectivity index (χ0v) is 7.79. The number of carbonyl (C=O) groups excluding carboxylic acids is 1. The summed E-state index contributed by atoms with van der Waals surface area (Å²) >= 11 is 0. The Bertz CT molecular complexity index is 410. The fraction of sp³-hybridized carbons (Fsp3) is 0.100. The van der Waals surface area contributed by atoms with Crippen LogP contribution < -0.4 is 4.74 Å². The van der Waals surface area contributed by atoms with E-state index in [9.17, 15) is 22.4 Å². The van der Waals surface area contributed by atoms with Gasteiger partial charge in [-0.3, -0.25) is 4.79 Å². The number of benzene rings is 1. The number of hydrogen-bond donors (Lipinski definition) is 0. The van der Waals surface area contributed by atoms with Gasteiger partial charge in [-0.1, -0.05) is 6.08 Å². The first-order chi connectivity index (χ1) is 7.40. The van der Waals surface area contributed by atoms with Crippen LogP contribution in [-0.2, 0) is 4.79 Å². The highest BCUT2D eigenvalue weighted by Crippen LogP contribution is 2.24. The Kier molecular flexibility index (Phi) is 3.65. The van der Waals surface area contributed by atoms with E-state index in [-0.39, 0.29) is 5.56 Å². The van der Waals surface area contributed by atoms with Crippen molar-refractivity contribution in [1.82, 2.24) is 0 Å². The van der Waals surface area contributed by atoms with Gasteiger partial charge in [0.1, 0.15) is 17.9 Å². The molecule has 1 aromatic carbocycles. The summed E-state index contributed by atoms with van der Waals surface area (Å²) in [6, 6.07) is 2.55. The smallest absolute Gasteiger partial charge is 0.406 e. The summed E-state index contributed by atoms with van der Waals surface area (Å²) in [5.74, 6) is -1.55. The average molecular weight is 234 g/mol. The number of hydrogen-bond acceptors (Lipinski definition) is 2. The number of allylic oxidation sites excluding steroid dienone is 1. The van der Waals surface area contributed by atoms with Crippen molar-refractivity contribution in [3.63, 3.8) is 0 Å². The minimum absolute atomic E-state index is 0.103. The van der Waals surface area contributed by atoms with Gasteiger partial charge in [-0.2, -0.15) is 0 Å². The molecule has 0 bridgehead atoms. The van der Waals surface area contributed by atoms with Crippen molar-refractivity contribution in [2.24, 2.45) is 0 Å². The molecular weight excluding hydrogens is 228 g/mol. The summed E-state index contributed by atoms with van der Waals surface area (Å²) in [7, 11) is 0. The summed E-state index contributed by atoms with van der Waals surface area (Å²) < 4.78 is 51.9. The molecule has 1 aromatic rings. The summed E-state index contributed by atoms with van der Waals surface area (Å²) in [5.41, 5.74) is 0.103. The third kappa shape index (κ3) is 4.12. The van der Waals surface area contributed by atoms with Crippen LogP contribution in [0.5, 0.6) is 5.75 Å². The van der Waals surface area contributed by atoms with Crippen molar-refractivity contribution < 1.29 is 27.1 Å². The summed E-state index contributed by atoms with van der Waals surface area (Å²) in [5, 5.41) is 0. The average Bonchev–Trinajstić information content (AvgIpc) is 2.10. The van der Waals surface area contributed by atoms with Crippen LogP contribution in [0.2, 0.25) is 0 Å². The van der Waals surface area contributed by atoms with E-state index in [0.29, 0.717) is 12.4 Å². The van der Waals surface area contributed by atoms with Gasteiger partial charge in [0.2, 0.25) is 0 Å². The molecule has 6 heteroatoms. The molecule has 0 aromatic heterocycles. The molecule has 0 saturated carbocycles. The monoisotopic (exact) mass is 234 g/mol. The van der Waals surface area contributed by atoms with Crippen LogP contribution in [-0.4, -0.2) is 12.6 Å². The minimum atomic E-state index is -4.88. The lowest BCUT2D eigenvalue weighted by Gasteiger charge is -2.09.